The van der Waals surface area contributed by atoms with E-state index in [1.807, 2.05) is 0 Å². The highest BCUT2D eigenvalue weighted by Gasteiger charge is 2.61. The lowest BCUT2D eigenvalue weighted by Gasteiger charge is -2.62. The van der Waals surface area contributed by atoms with Gasteiger partial charge in [0, 0.05) is 11.5 Å². The number of carbonyl (C=O) groups is 1. The zero-order valence-corrected chi connectivity index (χ0v) is 14.1. The van der Waals surface area contributed by atoms with Crippen molar-refractivity contribution in [2.45, 2.75) is 50.7 Å². The van der Waals surface area contributed by atoms with E-state index >= 15 is 0 Å². The number of benzene rings is 1. The Morgan fingerprint density at radius 2 is 2.12 bits per heavy atom. The molecule has 4 aliphatic carbocycles. The van der Waals surface area contributed by atoms with Crippen LogP contribution >= 0.6 is 11.6 Å². The van der Waals surface area contributed by atoms with Crippen LogP contribution in [0.4, 0.5) is 4.39 Å². The van der Waals surface area contributed by atoms with E-state index in [2.05, 4.69) is 6.92 Å². The van der Waals surface area contributed by atoms with E-state index in [1.165, 1.54) is 0 Å². The van der Waals surface area contributed by atoms with Gasteiger partial charge in [-0.3, -0.25) is 0 Å². The van der Waals surface area contributed by atoms with Gasteiger partial charge in [0.1, 0.15) is 17.7 Å². The molecule has 1 aromatic carbocycles. The Labute approximate surface area is 144 Å². The lowest BCUT2D eigenvalue weighted by Crippen LogP contribution is -2.63. The van der Waals surface area contributed by atoms with Crippen molar-refractivity contribution < 1.29 is 24.1 Å². The molecule has 0 radical (unpaired) electrons. The largest absolute Gasteiger partial charge is 0.488 e. The van der Waals surface area contributed by atoms with Gasteiger partial charge in [0.15, 0.2) is 0 Å². The summed E-state index contributed by atoms with van der Waals surface area (Å²) in [5.41, 5.74) is -1.22. The molecular formula is C18H20ClFO4. The summed E-state index contributed by atoms with van der Waals surface area (Å²) in [6.07, 6.45) is 4.12. The molecule has 0 amide bonds. The van der Waals surface area contributed by atoms with Gasteiger partial charge in [-0.05, 0) is 50.0 Å². The predicted octanol–water partition coefficient (Wildman–Crippen LogP) is 3.89. The van der Waals surface area contributed by atoms with Crippen LogP contribution in [0.5, 0.6) is 5.75 Å². The molecule has 130 valence electrons. The van der Waals surface area contributed by atoms with Crippen LogP contribution in [0.2, 0.25) is 5.02 Å². The fourth-order valence-electron chi connectivity index (χ4n) is 5.66. The zero-order chi connectivity index (χ0) is 17.3. The maximum absolute atomic E-state index is 14.0. The summed E-state index contributed by atoms with van der Waals surface area (Å²) in [5.74, 6) is -1.28. The number of hydrogen-bond acceptors (Lipinski definition) is 3. The molecular weight excluding hydrogens is 335 g/mol. The van der Waals surface area contributed by atoms with E-state index < -0.39 is 23.0 Å². The fraction of sp³-hybridized carbons (Fsp3) is 0.611. The monoisotopic (exact) mass is 354 g/mol. The molecule has 5 unspecified atom stereocenters. The molecule has 0 aromatic heterocycles. The van der Waals surface area contributed by atoms with Crippen molar-refractivity contribution >= 4 is 17.6 Å². The molecule has 2 N–H and O–H groups in total. The minimum atomic E-state index is -1.36. The minimum Gasteiger partial charge on any atom is -0.488 e. The number of hydrogen-bond donors (Lipinski definition) is 2. The van der Waals surface area contributed by atoms with Gasteiger partial charge in [-0.2, -0.15) is 0 Å². The molecule has 0 spiro atoms. The smallest absolute Gasteiger partial charge is 0.338 e. The van der Waals surface area contributed by atoms with Crippen LogP contribution in [0.1, 0.15) is 49.4 Å². The lowest BCUT2D eigenvalue weighted by atomic mass is 9.47. The highest BCUT2D eigenvalue weighted by Crippen LogP contribution is 2.62. The second kappa shape index (κ2) is 5.09. The lowest BCUT2D eigenvalue weighted by molar-refractivity contribution is -0.206. The quantitative estimate of drug-likeness (QED) is 0.864. The molecule has 1 aromatic rings. The molecule has 5 rings (SSSR count). The van der Waals surface area contributed by atoms with Crippen LogP contribution in [0.3, 0.4) is 0 Å². The van der Waals surface area contributed by atoms with E-state index in [9.17, 15) is 14.3 Å². The maximum Gasteiger partial charge on any atom is 0.338 e. The van der Waals surface area contributed by atoms with Crippen molar-refractivity contribution in [3.05, 3.63) is 28.5 Å². The maximum atomic E-state index is 14.0. The number of halogens is 2. The Hall–Kier alpha value is -1.33. The van der Waals surface area contributed by atoms with Crippen LogP contribution in [0, 0.1) is 23.1 Å². The number of ether oxygens (including phenoxy) is 1. The highest BCUT2D eigenvalue weighted by molar-refractivity contribution is 6.32. The summed E-state index contributed by atoms with van der Waals surface area (Å²) >= 11 is 6.13. The van der Waals surface area contributed by atoms with E-state index in [4.69, 9.17) is 21.4 Å². The molecule has 4 saturated carbocycles. The van der Waals surface area contributed by atoms with E-state index in [0.29, 0.717) is 18.8 Å². The highest BCUT2D eigenvalue weighted by atomic mass is 35.5. The van der Waals surface area contributed by atoms with Gasteiger partial charge < -0.3 is 14.9 Å². The first-order chi connectivity index (χ1) is 11.2. The molecule has 4 fully saturated rings. The molecule has 4 bridgehead atoms. The van der Waals surface area contributed by atoms with Crippen LogP contribution in [-0.2, 0) is 0 Å². The molecule has 24 heavy (non-hydrogen) atoms. The van der Waals surface area contributed by atoms with Gasteiger partial charge in [0.25, 0.3) is 0 Å². The van der Waals surface area contributed by atoms with Gasteiger partial charge in [-0.1, -0.05) is 18.5 Å². The summed E-state index contributed by atoms with van der Waals surface area (Å²) < 4.78 is 20.1. The minimum absolute atomic E-state index is 0.102. The molecule has 6 heteroatoms. The third-order valence-corrected chi connectivity index (χ3v) is 6.35. The summed E-state index contributed by atoms with van der Waals surface area (Å²) in [6.45, 7) is 2.12. The van der Waals surface area contributed by atoms with E-state index in [-0.39, 0.29) is 28.2 Å². The Bertz CT molecular complexity index is 723. The molecule has 4 aliphatic rings. The molecule has 4 nitrogen and oxygen atoms in total. The SMILES string of the molecule is CC12CC3CC(CC(O)(C3)C1)C2Oc1cc(F)c(C(=O)O)cc1Cl. The average molecular weight is 355 g/mol. The molecule has 5 atom stereocenters. The van der Waals surface area contributed by atoms with E-state index in [1.54, 1.807) is 0 Å². The van der Waals surface area contributed by atoms with E-state index in [0.717, 1.165) is 31.4 Å². The zero-order valence-electron chi connectivity index (χ0n) is 13.4. The number of carboxylic acids is 1. The summed E-state index contributed by atoms with van der Waals surface area (Å²) in [5, 5.41) is 19.8. The Balaban J connectivity index is 1.64. The van der Waals surface area contributed by atoms with Crippen molar-refractivity contribution in [3.63, 3.8) is 0 Å². The average Bonchev–Trinajstić information content (AvgIpc) is 2.43. The number of aromatic carboxylic acids is 1. The van der Waals surface area contributed by atoms with Crippen LogP contribution in [-0.4, -0.2) is 27.9 Å². The third-order valence-electron chi connectivity index (χ3n) is 6.06. The molecule has 0 saturated heterocycles. The normalized spacial score (nSPS) is 39.9. The summed E-state index contributed by atoms with van der Waals surface area (Å²) in [7, 11) is 0. The van der Waals surface area contributed by atoms with Crippen molar-refractivity contribution in [2.75, 3.05) is 0 Å². The second-order valence-corrected chi connectivity index (χ2v) is 8.54. The second-order valence-electron chi connectivity index (χ2n) is 8.14. The predicted molar refractivity (Wildman–Crippen MR) is 85.9 cm³/mol. The van der Waals surface area contributed by atoms with Crippen molar-refractivity contribution in [1.82, 2.24) is 0 Å². The van der Waals surface area contributed by atoms with Crippen molar-refractivity contribution in [2.24, 2.45) is 17.3 Å². The van der Waals surface area contributed by atoms with Gasteiger partial charge in [-0.15, -0.1) is 0 Å². The first kappa shape index (κ1) is 16.2. The first-order valence-electron chi connectivity index (χ1n) is 8.30. The molecule has 0 heterocycles. The van der Waals surface area contributed by atoms with Crippen LogP contribution < -0.4 is 4.74 Å². The summed E-state index contributed by atoms with van der Waals surface area (Å²) in [6, 6.07) is 2.16. The number of aliphatic hydroxyl groups is 1. The van der Waals surface area contributed by atoms with Crippen LogP contribution in [0.25, 0.3) is 0 Å². The summed E-state index contributed by atoms with van der Waals surface area (Å²) in [4.78, 5) is 11.0. The van der Waals surface area contributed by atoms with Crippen molar-refractivity contribution in [1.29, 1.82) is 0 Å². The standard InChI is InChI=1S/C18H20ClFO4/c1-17-5-9-2-10(7-18(23,6-9)8-17)15(17)24-14-4-13(20)11(16(21)22)3-12(14)19/h3-4,9-10,15,23H,2,5-8H2,1H3,(H,21,22). The topological polar surface area (TPSA) is 66.8 Å². The number of carboxylic acid groups (broad SMARTS) is 1. The van der Waals surface area contributed by atoms with Crippen molar-refractivity contribution in [3.8, 4) is 5.75 Å². The van der Waals surface area contributed by atoms with Gasteiger partial charge in [0.2, 0.25) is 0 Å². The van der Waals surface area contributed by atoms with Crippen LogP contribution in [0.15, 0.2) is 12.1 Å². The van der Waals surface area contributed by atoms with Gasteiger partial charge in [-0.25, -0.2) is 9.18 Å². The fourth-order valence-corrected chi connectivity index (χ4v) is 5.87. The third kappa shape index (κ3) is 2.40. The van der Waals surface area contributed by atoms with Gasteiger partial charge >= 0.3 is 5.97 Å². The van der Waals surface area contributed by atoms with Gasteiger partial charge in [0.05, 0.1) is 16.2 Å². The Morgan fingerprint density at radius 1 is 1.38 bits per heavy atom. The first-order valence-corrected chi connectivity index (χ1v) is 8.68. The Morgan fingerprint density at radius 3 is 2.75 bits per heavy atom. The molecule has 0 aliphatic heterocycles. The Kier molecular flexibility index (Phi) is 3.42. The number of rotatable bonds is 3.